The van der Waals surface area contributed by atoms with Crippen molar-refractivity contribution in [1.82, 2.24) is 4.13 Å². The first-order valence-electron chi connectivity index (χ1n) is 18.7. The lowest BCUT2D eigenvalue weighted by molar-refractivity contribution is -0.246. The minimum Gasteiger partial charge on any atom is -0.295 e. The third-order valence-corrected chi connectivity index (χ3v) is 18.2. The maximum absolute atomic E-state index is 12.5. The minimum absolute atomic E-state index is 0.0674. The smallest absolute Gasteiger partial charge is 0.295 e. The van der Waals surface area contributed by atoms with E-state index in [1.165, 1.54) is 14.7 Å². The molecule has 0 aromatic heterocycles. The average molecular weight is 1010 g/mol. The number of nitrogens with one attached hydrogen (secondary N) is 1. The lowest BCUT2D eigenvalue weighted by atomic mass is 10.2. The topological polar surface area (TPSA) is 132 Å². The summed E-state index contributed by atoms with van der Waals surface area (Å²) in [5.74, 6) is -6.36. The highest BCUT2D eigenvalue weighted by molar-refractivity contribution is 8.06. The van der Waals surface area contributed by atoms with Gasteiger partial charge in [-0.25, -0.2) is 16.8 Å². The third-order valence-electron chi connectivity index (χ3n) is 9.29. The Morgan fingerprint density at radius 1 is 0.400 bits per heavy atom. The lowest BCUT2D eigenvalue weighted by Crippen LogP contribution is -2.70. The molecule has 6 aromatic rings. The molecule has 0 aliphatic carbocycles. The van der Waals surface area contributed by atoms with Crippen molar-refractivity contribution in [2.75, 3.05) is 0 Å². The van der Waals surface area contributed by atoms with Crippen LogP contribution in [0.2, 0.25) is 0 Å². The first-order chi connectivity index (χ1) is 30.4. The predicted octanol–water partition coefficient (Wildman–Crippen LogP) is 11.9. The second-order valence-corrected chi connectivity index (χ2v) is 23.1. The van der Waals surface area contributed by atoms with E-state index in [9.17, 15) is 57.6 Å². The Hall–Kier alpha value is -4.83. The summed E-state index contributed by atoms with van der Waals surface area (Å²) in [6.45, 7) is 4.75. The normalized spacial score (nSPS) is 16.5. The molecule has 0 bridgehead atoms. The quantitative estimate of drug-likeness (QED) is 0.0718. The fraction of sp³-hybridized carbons (Fsp3) is 0.133. The summed E-state index contributed by atoms with van der Waals surface area (Å²) in [7, 11) is -13.2. The molecule has 0 saturated carbocycles. The van der Waals surface area contributed by atoms with Gasteiger partial charge in [-0.2, -0.15) is 26.3 Å². The zero-order chi connectivity index (χ0) is 47.5. The molecule has 0 spiro atoms. The number of hydrogen-bond donors (Lipinski definition) is 1. The van der Waals surface area contributed by atoms with Crippen LogP contribution in [0.4, 0.5) is 26.3 Å². The maximum Gasteiger partial charge on any atom is 0.429 e. The molecule has 1 saturated heterocycles. The molecule has 338 valence electrons. The zero-order valence-corrected chi connectivity index (χ0v) is 38.8. The van der Waals surface area contributed by atoms with Crippen molar-refractivity contribution in [2.24, 2.45) is 0 Å². The monoisotopic (exact) mass is 1010 g/mol. The van der Waals surface area contributed by atoms with Gasteiger partial charge in [0, 0.05) is 46.1 Å². The van der Waals surface area contributed by atoms with Gasteiger partial charge in [0.25, 0.3) is 20.0 Å². The molecule has 1 heterocycles. The Bertz CT molecular complexity index is 2650. The van der Waals surface area contributed by atoms with Gasteiger partial charge in [-0.05, 0) is 130 Å². The highest BCUT2D eigenvalue weighted by Gasteiger charge is 2.86. The Balaban J connectivity index is 0.000000370. The number of Topliss-reactive ketones (excluding diaryl/α,β-unsaturated/α-hetero) is 3. The predicted molar refractivity (Wildman–Crippen MR) is 239 cm³/mol. The summed E-state index contributed by atoms with van der Waals surface area (Å²) < 4.78 is 116. The summed E-state index contributed by atoms with van der Waals surface area (Å²) in [5, 5.41) is -12.5. The van der Waals surface area contributed by atoms with Crippen LogP contribution >= 0.6 is 35.3 Å². The summed E-state index contributed by atoms with van der Waals surface area (Å²) in [6, 6.07) is 49.5. The van der Waals surface area contributed by atoms with Gasteiger partial charge in [0.15, 0.2) is 32.0 Å². The van der Waals surface area contributed by atoms with Gasteiger partial charge < -0.3 is 0 Å². The molecule has 8 nitrogen and oxygen atoms in total. The van der Waals surface area contributed by atoms with Gasteiger partial charge in [-0.3, -0.25) is 14.4 Å². The van der Waals surface area contributed by atoms with Gasteiger partial charge in [0.2, 0.25) is 0 Å². The van der Waals surface area contributed by atoms with E-state index in [2.05, 4.69) is 72.8 Å². The van der Waals surface area contributed by atoms with E-state index in [0.29, 0.717) is 16.7 Å². The second kappa shape index (κ2) is 19.6. The largest absolute Gasteiger partial charge is 0.429 e. The third kappa shape index (κ3) is 10.9. The average Bonchev–Trinajstić information content (AvgIpc) is 3.25. The number of benzene rings is 6. The number of rotatable bonds is 12. The maximum atomic E-state index is 12.5. The molecule has 65 heavy (non-hydrogen) atoms. The molecule has 0 atom stereocenters. The first kappa shape index (κ1) is 49.6. The Morgan fingerprint density at radius 3 is 0.800 bits per heavy atom. The lowest BCUT2D eigenvalue weighted by Gasteiger charge is -2.35. The fourth-order valence-electron chi connectivity index (χ4n) is 5.78. The summed E-state index contributed by atoms with van der Waals surface area (Å²) in [6.07, 6.45) is 0. The molecule has 0 unspecified atom stereocenters. The molecule has 6 aromatic carbocycles. The zero-order valence-electron chi connectivity index (χ0n) is 33.9. The van der Waals surface area contributed by atoms with Crippen LogP contribution < -0.4 is 4.13 Å². The van der Waals surface area contributed by atoms with E-state index in [0.717, 1.165) is 29.4 Å². The number of ketones is 3. The summed E-state index contributed by atoms with van der Waals surface area (Å²) in [4.78, 5) is 45.4. The Kier molecular flexibility index (Phi) is 14.9. The van der Waals surface area contributed by atoms with Crippen LogP contribution in [0.25, 0.3) is 0 Å². The van der Waals surface area contributed by atoms with Crippen molar-refractivity contribution < 1.29 is 57.6 Å². The first-order valence-corrected chi connectivity index (χ1v) is 25.4. The van der Waals surface area contributed by atoms with Crippen molar-refractivity contribution in [2.45, 2.75) is 81.3 Å². The molecular formula is C45H34F6NO7S6+. The van der Waals surface area contributed by atoms with E-state index in [4.69, 9.17) is 0 Å². The second-order valence-electron chi connectivity index (χ2n) is 14.0. The Labute approximate surface area is 386 Å². The van der Waals surface area contributed by atoms with Crippen molar-refractivity contribution in [3.8, 4) is 0 Å². The van der Waals surface area contributed by atoms with E-state index < -0.39 is 36.5 Å². The van der Waals surface area contributed by atoms with E-state index in [1.54, 1.807) is 56.1 Å². The van der Waals surface area contributed by atoms with Crippen LogP contribution in [-0.2, 0) is 30.9 Å². The van der Waals surface area contributed by atoms with E-state index in [-0.39, 0.29) is 32.4 Å². The van der Waals surface area contributed by atoms with Crippen LogP contribution in [0.15, 0.2) is 190 Å². The van der Waals surface area contributed by atoms with Gasteiger partial charge in [0.05, 0.1) is 10.9 Å². The van der Waals surface area contributed by atoms with Crippen molar-refractivity contribution in [1.29, 1.82) is 0 Å². The van der Waals surface area contributed by atoms with Gasteiger partial charge in [-0.1, -0.05) is 75.8 Å². The van der Waals surface area contributed by atoms with Crippen LogP contribution in [-0.4, -0.2) is 50.6 Å². The number of sulfonamides is 2. The number of alkyl halides is 6. The Morgan fingerprint density at radius 2 is 0.600 bits per heavy atom. The van der Waals surface area contributed by atoms with Crippen molar-refractivity contribution in [3.05, 3.63) is 162 Å². The van der Waals surface area contributed by atoms with Crippen molar-refractivity contribution >= 4 is 83.6 Å². The molecular weight excluding hydrogens is 973 g/mol. The molecule has 1 aliphatic heterocycles. The molecule has 7 rings (SSSR count). The van der Waals surface area contributed by atoms with Gasteiger partial charge in [-0.15, -0.1) is 0 Å². The van der Waals surface area contributed by atoms with Gasteiger partial charge in [0.1, 0.15) is 0 Å². The van der Waals surface area contributed by atoms with E-state index >= 15 is 0 Å². The number of halogens is 6. The number of carbonyl (C=O) groups is 3. The van der Waals surface area contributed by atoms with Crippen molar-refractivity contribution in [3.63, 3.8) is 0 Å². The molecule has 0 radical (unpaired) electrons. The number of carbonyl (C=O) groups excluding carboxylic acids is 3. The van der Waals surface area contributed by atoms with Crippen LogP contribution in [0.3, 0.4) is 0 Å². The highest BCUT2D eigenvalue weighted by Crippen LogP contribution is 2.53. The SMILES string of the molecule is CC(=O)c1ccc(Sc2ccc([S+](c3ccc(Sc4ccc(C(C)=O)cc4)cc3)c3ccc(Sc4ccc(C(C)=O)cc4)cc3)cc2)cc1.O=S1(=O)NS(=O)(=O)C(F)(F)C(F)(F)C1(F)F. The molecule has 20 heteroatoms. The molecule has 0 amide bonds. The molecule has 1 N–H and O–H groups in total. The summed E-state index contributed by atoms with van der Waals surface area (Å²) in [5.41, 5.74) is 2.15. The summed E-state index contributed by atoms with van der Waals surface area (Å²) >= 11 is 5.04. The van der Waals surface area contributed by atoms with Crippen LogP contribution in [0.1, 0.15) is 51.8 Å². The van der Waals surface area contributed by atoms with E-state index in [1.807, 2.05) is 72.8 Å². The highest BCUT2D eigenvalue weighted by atomic mass is 32.3. The molecule has 1 aliphatic rings. The minimum atomic E-state index is -6.57. The van der Waals surface area contributed by atoms with Crippen LogP contribution in [0.5, 0.6) is 0 Å². The van der Waals surface area contributed by atoms with Crippen LogP contribution in [0, 0.1) is 0 Å². The van der Waals surface area contributed by atoms with Gasteiger partial charge >= 0.3 is 16.4 Å². The number of hydrogen-bond acceptors (Lipinski definition) is 10. The fourth-order valence-corrected chi connectivity index (χ4v) is 13.3. The standard InChI is InChI=1S/C42H33O3S4.C3HF6NO4S2/c1-28(43)31-4-10-34(11-5-31)46-37-16-22-40(23-17-37)49(41-24-18-38(19-25-41)47-35-12-6-32(7-13-35)29(2)44)42-26-20-39(21-27-42)48-36-14-8-33(9-15-36)30(3)45;4-1(5)2(6,7)15(11,12)10-16(13,14)3(1,8)9/h4-27H,1-3H3;10H/q+1;. The molecule has 1 fully saturated rings.